The fourth-order valence-corrected chi connectivity index (χ4v) is 3.39. The molecule has 1 heterocycles. The van der Waals surface area contributed by atoms with E-state index in [4.69, 9.17) is 0 Å². The molecule has 0 fully saturated rings. The van der Waals surface area contributed by atoms with Crippen LogP contribution in [0.5, 0.6) is 11.5 Å². The number of aromatic hydroxyl groups is 2. The van der Waals surface area contributed by atoms with Crippen LogP contribution in [0.4, 0.5) is 0 Å². The van der Waals surface area contributed by atoms with Gasteiger partial charge in [-0.25, -0.2) is 0 Å². The Kier molecular flexibility index (Phi) is 11.1. The number of aromatic nitrogens is 1. The van der Waals surface area contributed by atoms with Gasteiger partial charge in [0.05, 0.1) is 5.69 Å². The average Bonchev–Trinajstić information content (AvgIpc) is 2.60. The van der Waals surface area contributed by atoms with E-state index in [9.17, 15) is 15.0 Å². The van der Waals surface area contributed by atoms with Crippen molar-refractivity contribution in [1.82, 2.24) is 4.57 Å². The number of pyridine rings is 1. The Balaban J connectivity index is 2.15. The molecular formula is C21H37NO3. The van der Waals surface area contributed by atoms with Gasteiger partial charge in [0.25, 0.3) is 5.56 Å². The molecule has 0 aliphatic heterocycles. The predicted octanol–water partition coefficient (Wildman–Crippen LogP) is 5.52. The standard InChI is InChI=1S/C21H37NO3/c1-3-5-6-7-8-9-10-11-12-13-14-15-16-22-18(4-2)21(25)19(23)17-20(22)24/h17,23,25H,3-16H2,1-2H3. The molecule has 0 aromatic carbocycles. The van der Waals surface area contributed by atoms with Gasteiger partial charge in [-0.1, -0.05) is 84.5 Å². The Labute approximate surface area is 152 Å². The van der Waals surface area contributed by atoms with Gasteiger partial charge in [0.2, 0.25) is 0 Å². The molecule has 4 heteroatoms. The molecule has 2 N–H and O–H groups in total. The fraction of sp³-hybridized carbons (Fsp3) is 0.762. The summed E-state index contributed by atoms with van der Waals surface area (Å²) in [6.07, 6.45) is 15.9. The summed E-state index contributed by atoms with van der Waals surface area (Å²) in [5.41, 5.74) is 0.309. The van der Waals surface area contributed by atoms with Gasteiger partial charge in [0.15, 0.2) is 11.5 Å². The van der Waals surface area contributed by atoms with Crippen molar-refractivity contribution >= 4 is 0 Å². The first-order valence-corrected chi connectivity index (χ1v) is 10.3. The second-order valence-electron chi connectivity index (χ2n) is 7.06. The summed E-state index contributed by atoms with van der Waals surface area (Å²) in [4.78, 5) is 12.0. The number of nitrogens with zero attached hydrogens (tertiary/aromatic N) is 1. The molecule has 0 saturated heterocycles. The van der Waals surface area contributed by atoms with Crippen molar-refractivity contribution in [2.45, 2.75) is 104 Å². The Morgan fingerprint density at radius 1 is 0.800 bits per heavy atom. The van der Waals surface area contributed by atoms with Crippen LogP contribution in [0.25, 0.3) is 0 Å². The minimum Gasteiger partial charge on any atom is -0.504 e. The predicted molar refractivity (Wildman–Crippen MR) is 104 cm³/mol. The lowest BCUT2D eigenvalue weighted by atomic mass is 10.1. The number of hydrogen-bond donors (Lipinski definition) is 2. The van der Waals surface area contributed by atoms with Crippen LogP contribution in [0.1, 0.15) is 96.6 Å². The van der Waals surface area contributed by atoms with Crippen LogP contribution in [0, 0.1) is 0 Å². The molecule has 144 valence electrons. The molecule has 0 saturated carbocycles. The van der Waals surface area contributed by atoms with Crippen molar-refractivity contribution in [2.24, 2.45) is 0 Å². The first-order valence-electron chi connectivity index (χ1n) is 10.3. The van der Waals surface area contributed by atoms with Crippen molar-refractivity contribution < 1.29 is 10.2 Å². The number of unbranched alkanes of at least 4 members (excludes halogenated alkanes) is 11. The Morgan fingerprint density at radius 3 is 1.76 bits per heavy atom. The average molecular weight is 352 g/mol. The topological polar surface area (TPSA) is 62.5 Å². The van der Waals surface area contributed by atoms with E-state index in [-0.39, 0.29) is 17.1 Å². The van der Waals surface area contributed by atoms with Gasteiger partial charge in [-0.05, 0) is 12.8 Å². The number of rotatable bonds is 14. The Bertz CT molecular complexity index is 537. The third-order valence-corrected chi connectivity index (χ3v) is 4.94. The van der Waals surface area contributed by atoms with E-state index in [2.05, 4.69) is 6.92 Å². The van der Waals surface area contributed by atoms with E-state index in [1.165, 1.54) is 64.2 Å². The molecule has 0 aliphatic carbocycles. The third-order valence-electron chi connectivity index (χ3n) is 4.94. The summed E-state index contributed by atoms with van der Waals surface area (Å²) in [6.45, 7) is 4.75. The molecule has 0 aliphatic rings. The van der Waals surface area contributed by atoms with Crippen molar-refractivity contribution in [3.8, 4) is 11.5 Å². The summed E-state index contributed by atoms with van der Waals surface area (Å²) in [5, 5.41) is 19.4. The van der Waals surface area contributed by atoms with Gasteiger partial charge in [0, 0.05) is 12.6 Å². The molecule has 0 atom stereocenters. The summed E-state index contributed by atoms with van der Waals surface area (Å²) < 4.78 is 1.60. The molecule has 4 nitrogen and oxygen atoms in total. The molecule has 0 unspecified atom stereocenters. The highest BCUT2D eigenvalue weighted by molar-refractivity contribution is 5.40. The first-order chi connectivity index (χ1) is 12.1. The van der Waals surface area contributed by atoms with Gasteiger partial charge in [0.1, 0.15) is 0 Å². The highest BCUT2D eigenvalue weighted by Crippen LogP contribution is 2.27. The van der Waals surface area contributed by atoms with Crippen LogP contribution >= 0.6 is 0 Å². The molecule has 0 spiro atoms. The highest BCUT2D eigenvalue weighted by Gasteiger charge is 2.12. The van der Waals surface area contributed by atoms with E-state index < -0.39 is 0 Å². The molecule has 25 heavy (non-hydrogen) atoms. The molecule has 1 rings (SSSR count). The maximum atomic E-state index is 12.0. The van der Waals surface area contributed by atoms with E-state index >= 15 is 0 Å². The third kappa shape index (κ3) is 7.98. The van der Waals surface area contributed by atoms with Crippen molar-refractivity contribution in [2.75, 3.05) is 0 Å². The zero-order chi connectivity index (χ0) is 18.5. The minimum absolute atomic E-state index is 0.152. The maximum Gasteiger partial charge on any atom is 0.254 e. The van der Waals surface area contributed by atoms with Gasteiger partial charge < -0.3 is 14.8 Å². The summed E-state index contributed by atoms with van der Waals surface area (Å²) in [6, 6.07) is 1.11. The smallest absolute Gasteiger partial charge is 0.254 e. The molecule has 0 bridgehead atoms. The summed E-state index contributed by atoms with van der Waals surface area (Å²) in [5.74, 6) is -0.464. The molecule has 1 aromatic rings. The van der Waals surface area contributed by atoms with Gasteiger partial charge in [-0.3, -0.25) is 4.79 Å². The fourth-order valence-electron chi connectivity index (χ4n) is 3.39. The molecule has 0 amide bonds. The summed E-state index contributed by atoms with van der Waals surface area (Å²) >= 11 is 0. The molecular weight excluding hydrogens is 314 g/mol. The van der Waals surface area contributed by atoms with Crippen LogP contribution in [0.2, 0.25) is 0 Å². The van der Waals surface area contributed by atoms with Gasteiger partial charge in [-0.2, -0.15) is 0 Å². The van der Waals surface area contributed by atoms with E-state index in [1.807, 2.05) is 6.92 Å². The van der Waals surface area contributed by atoms with Gasteiger partial charge >= 0.3 is 0 Å². The van der Waals surface area contributed by atoms with Crippen molar-refractivity contribution in [1.29, 1.82) is 0 Å². The van der Waals surface area contributed by atoms with Crippen molar-refractivity contribution in [3.63, 3.8) is 0 Å². The minimum atomic E-state index is -0.312. The van der Waals surface area contributed by atoms with Gasteiger partial charge in [-0.15, -0.1) is 0 Å². The van der Waals surface area contributed by atoms with E-state index in [0.29, 0.717) is 18.7 Å². The summed E-state index contributed by atoms with van der Waals surface area (Å²) in [7, 11) is 0. The SMILES string of the molecule is CCCCCCCCCCCCCCn1c(CC)c(O)c(O)cc1=O. The Hall–Kier alpha value is -1.45. The molecule has 1 aromatic heterocycles. The van der Waals surface area contributed by atoms with Crippen LogP contribution in [0.3, 0.4) is 0 Å². The Morgan fingerprint density at radius 2 is 1.28 bits per heavy atom. The lowest BCUT2D eigenvalue weighted by Crippen LogP contribution is -2.22. The highest BCUT2D eigenvalue weighted by atomic mass is 16.3. The largest absolute Gasteiger partial charge is 0.504 e. The van der Waals surface area contributed by atoms with Crippen molar-refractivity contribution in [3.05, 3.63) is 22.1 Å². The second-order valence-corrected chi connectivity index (χ2v) is 7.06. The normalized spacial score (nSPS) is 11.1. The maximum absolute atomic E-state index is 12.0. The first kappa shape index (κ1) is 21.6. The lowest BCUT2D eigenvalue weighted by Gasteiger charge is -2.13. The van der Waals surface area contributed by atoms with E-state index in [1.54, 1.807) is 4.57 Å². The van der Waals surface area contributed by atoms with Crippen LogP contribution in [-0.2, 0) is 13.0 Å². The second kappa shape index (κ2) is 12.8. The quantitative estimate of drug-likeness (QED) is 0.434. The number of hydrogen-bond acceptors (Lipinski definition) is 3. The van der Waals surface area contributed by atoms with Crippen LogP contribution < -0.4 is 5.56 Å². The monoisotopic (exact) mass is 351 g/mol. The van der Waals surface area contributed by atoms with Crippen LogP contribution in [0.15, 0.2) is 10.9 Å². The van der Waals surface area contributed by atoms with Crippen LogP contribution in [-0.4, -0.2) is 14.8 Å². The van der Waals surface area contributed by atoms with E-state index in [0.717, 1.165) is 18.9 Å². The molecule has 0 radical (unpaired) electrons. The zero-order valence-electron chi connectivity index (χ0n) is 16.2. The lowest BCUT2D eigenvalue weighted by molar-refractivity contribution is 0.386. The zero-order valence-corrected chi connectivity index (χ0v) is 16.2.